The molecule has 2 N–H and O–H groups in total. The molecule has 0 bridgehead atoms. The van der Waals surface area contributed by atoms with Crippen LogP contribution in [0.25, 0.3) is 6.08 Å². The Morgan fingerprint density at radius 2 is 2.06 bits per heavy atom. The van der Waals surface area contributed by atoms with Crippen molar-refractivity contribution in [2.45, 2.75) is 20.8 Å². The normalized spacial score (nSPS) is 13.9. The van der Waals surface area contributed by atoms with E-state index < -0.39 is 10.6 Å². The zero-order valence-electron chi connectivity index (χ0n) is 10.2. The maximum Gasteiger partial charge on any atom is 0.164 e. The van der Waals surface area contributed by atoms with E-state index >= 15 is 0 Å². The van der Waals surface area contributed by atoms with Gasteiger partial charge in [0.1, 0.15) is 0 Å². The lowest BCUT2D eigenvalue weighted by molar-refractivity contribution is -0.991. The van der Waals surface area contributed by atoms with E-state index in [1.165, 1.54) is 18.2 Å². The van der Waals surface area contributed by atoms with Crippen LogP contribution in [0, 0.1) is 10.6 Å². The number of rotatable bonds is 3. The number of benzene rings is 1. The van der Waals surface area contributed by atoms with Crippen LogP contribution in [0.5, 0.6) is 0 Å². The number of allylic oxidation sites excluding steroid dienone is 1. The summed E-state index contributed by atoms with van der Waals surface area (Å²) in [6, 6.07) is 6.48. The number of nitrogens with one attached hydrogen (secondary N) is 1. The third kappa shape index (κ3) is 4.11. The molecule has 0 aliphatic rings. The third-order valence-corrected chi connectivity index (χ3v) is 2.30. The van der Waals surface area contributed by atoms with E-state index in [9.17, 15) is 10.0 Å². The highest BCUT2D eigenvalue weighted by Gasteiger charge is 2.17. The predicted molar refractivity (Wildman–Crippen MR) is 65.7 cm³/mol. The van der Waals surface area contributed by atoms with Crippen molar-refractivity contribution >= 4 is 17.5 Å². The zero-order chi connectivity index (χ0) is 13.1. The van der Waals surface area contributed by atoms with Crippen molar-refractivity contribution in [2.75, 3.05) is 0 Å². The molecule has 1 atom stereocenters. The smallest absolute Gasteiger partial charge is 0.164 e. The summed E-state index contributed by atoms with van der Waals surface area (Å²) >= 11 is 0. The zero-order valence-corrected chi connectivity index (χ0v) is 10.2. The summed E-state index contributed by atoms with van der Waals surface area (Å²) in [4.78, 5) is 11.7. The highest BCUT2D eigenvalue weighted by atomic mass is 16.8. The second-order valence-corrected chi connectivity index (χ2v) is 4.88. The summed E-state index contributed by atoms with van der Waals surface area (Å²) in [6.07, 6.45) is 3.13. The van der Waals surface area contributed by atoms with E-state index in [1.807, 2.05) is 20.8 Å². The topological polar surface area (TPSA) is 64.8 Å². The lowest BCUT2D eigenvalue weighted by Gasteiger charge is -2.13. The van der Waals surface area contributed by atoms with Gasteiger partial charge in [-0.1, -0.05) is 39.0 Å². The van der Waals surface area contributed by atoms with E-state index in [1.54, 1.807) is 18.2 Å². The van der Waals surface area contributed by atoms with Gasteiger partial charge in [-0.25, -0.2) is 5.21 Å². The van der Waals surface area contributed by atoms with Crippen molar-refractivity contribution in [3.63, 3.8) is 0 Å². The van der Waals surface area contributed by atoms with Crippen LogP contribution < -0.4 is 5.23 Å². The highest BCUT2D eigenvalue weighted by Crippen LogP contribution is 2.16. The molecule has 0 saturated carbocycles. The minimum atomic E-state index is -0.970. The molecule has 0 spiro atoms. The molecule has 0 aliphatic heterocycles. The molecule has 0 aromatic heterocycles. The molecule has 1 unspecified atom stereocenters. The van der Waals surface area contributed by atoms with Crippen molar-refractivity contribution in [3.8, 4) is 0 Å². The molecule has 0 aliphatic carbocycles. The van der Waals surface area contributed by atoms with E-state index in [0.29, 0.717) is 5.56 Å². The number of ketones is 1. The van der Waals surface area contributed by atoms with Crippen LogP contribution in [-0.4, -0.2) is 11.0 Å². The van der Waals surface area contributed by atoms with Gasteiger partial charge in [-0.2, -0.15) is 5.23 Å². The van der Waals surface area contributed by atoms with Crippen molar-refractivity contribution < 1.29 is 15.2 Å². The Kier molecular flexibility index (Phi) is 4.17. The van der Waals surface area contributed by atoms with Crippen LogP contribution in [-0.2, 0) is 4.79 Å². The molecule has 1 aromatic carbocycles. The Labute approximate surface area is 101 Å². The molecular weight excluding hydrogens is 218 g/mol. The minimum Gasteiger partial charge on any atom is -0.595 e. The summed E-state index contributed by atoms with van der Waals surface area (Å²) < 4.78 is 0. The molecule has 17 heavy (non-hydrogen) atoms. The third-order valence-electron chi connectivity index (χ3n) is 2.30. The number of carbonyl (C=O) groups excluding carboxylic acids is 1. The van der Waals surface area contributed by atoms with Gasteiger partial charge in [0, 0.05) is 17.5 Å². The van der Waals surface area contributed by atoms with E-state index in [-0.39, 0.29) is 11.5 Å². The van der Waals surface area contributed by atoms with E-state index in [4.69, 9.17) is 5.21 Å². The van der Waals surface area contributed by atoms with Gasteiger partial charge >= 0.3 is 0 Å². The average Bonchev–Trinajstić information content (AvgIpc) is 2.25. The predicted octanol–water partition coefficient (Wildman–Crippen LogP) is 1.72. The highest BCUT2D eigenvalue weighted by molar-refractivity contribution is 5.97. The van der Waals surface area contributed by atoms with Crippen LogP contribution >= 0.6 is 0 Å². The Hall–Kier alpha value is -1.49. The largest absolute Gasteiger partial charge is 0.595 e. The molecule has 0 amide bonds. The standard InChI is InChI=1S/C13H17NO3/c1-13(2,3)12(15)8-7-10-5-4-6-11(9-10)14(16)17/h4-9,14,16H,1-3H3/b8-7+. The summed E-state index contributed by atoms with van der Waals surface area (Å²) in [5, 5.41) is 18.6. The van der Waals surface area contributed by atoms with Gasteiger partial charge in [0.15, 0.2) is 11.5 Å². The molecule has 4 nitrogen and oxygen atoms in total. The monoisotopic (exact) mass is 235 g/mol. The quantitative estimate of drug-likeness (QED) is 0.619. The van der Waals surface area contributed by atoms with Crippen LogP contribution in [0.3, 0.4) is 0 Å². The van der Waals surface area contributed by atoms with Gasteiger partial charge in [0.25, 0.3) is 0 Å². The molecular formula is C13H17NO3. The first-order valence-electron chi connectivity index (χ1n) is 5.36. The van der Waals surface area contributed by atoms with Gasteiger partial charge in [0.2, 0.25) is 0 Å². The van der Waals surface area contributed by atoms with Crippen LogP contribution in [0.4, 0.5) is 5.69 Å². The minimum absolute atomic E-state index is 0.0122. The number of quaternary nitrogens is 1. The fraction of sp³-hybridized carbons (Fsp3) is 0.308. The van der Waals surface area contributed by atoms with Gasteiger partial charge in [-0.05, 0) is 11.6 Å². The molecule has 0 heterocycles. The Morgan fingerprint density at radius 3 is 2.59 bits per heavy atom. The summed E-state index contributed by atoms with van der Waals surface area (Å²) in [6.45, 7) is 5.52. The van der Waals surface area contributed by atoms with Gasteiger partial charge in [0.05, 0.1) is 0 Å². The Bertz CT molecular complexity index is 431. The van der Waals surface area contributed by atoms with Crippen molar-refractivity contribution in [1.82, 2.24) is 0 Å². The second kappa shape index (κ2) is 5.23. The SMILES string of the molecule is CC(C)(C)C(=O)/C=C/c1cccc([NH+]([O-])O)c1. The molecule has 0 saturated heterocycles. The molecule has 0 radical (unpaired) electrons. The second-order valence-electron chi connectivity index (χ2n) is 4.88. The van der Waals surface area contributed by atoms with Gasteiger partial charge in [-0.3, -0.25) is 4.79 Å². The number of carbonyl (C=O) groups is 1. The maximum atomic E-state index is 11.7. The molecule has 0 fully saturated rings. The first kappa shape index (κ1) is 13.6. The molecule has 4 heteroatoms. The average molecular weight is 235 g/mol. The van der Waals surface area contributed by atoms with E-state index in [2.05, 4.69) is 0 Å². The van der Waals surface area contributed by atoms with E-state index in [0.717, 1.165) is 0 Å². The van der Waals surface area contributed by atoms with Crippen molar-refractivity contribution in [2.24, 2.45) is 5.41 Å². The maximum absolute atomic E-state index is 11.7. The first-order chi connectivity index (χ1) is 7.80. The van der Waals surface area contributed by atoms with Crippen molar-refractivity contribution in [1.29, 1.82) is 0 Å². The fourth-order valence-corrected chi connectivity index (χ4v) is 1.20. The number of hydrogen-bond donors (Lipinski definition) is 2. The first-order valence-corrected chi connectivity index (χ1v) is 5.36. The van der Waals surface area contributed by atoms with Crippen molar-refractivity contribution in [3.05, 3.63) is 41.1 Å². The molecule has 92 valence electrons. The summed E-state index contributed by atoms with van der Waals surface area (Å²) in [5.41, 5.74) is 0.513. The summed E-state index contributed by atoms with van der Waals surface area (Å²) in [7, 11) is 0. The molecule has 1 aromatic rings. The number of hydrogen-bond acceptors (Lipinski definition) is 3. The van der Waals surface area contributed by atoms with Crippen LogP contribution in [0.1, 0.15) is 26.3 Å². The Morgan fingerprint density at radius 1 is 1.41 bits per heavy atom. The lowest BCUT2D eigenvalue weighted by Crippen LogP contribution is -2.99. The van der Waals surface area contributed by atoms with Gasteiger partial charge in [-0.15, -0.1) is 0 Å². The lowest BCUT2D eigenvalue weighted by atomic mass is 9.90. The molecule has 1 rings (SSSR count). The van der Waals surface area contributed by atoms with Gasteiger partial charge < -0.3 is 5.21 Å². The fourth-order valence-electron chi connectivity index (χ4n) is 1.20. The Balaban J connectivity index is 2.85. The van der Waals surface area contributed by atoms with Crippen LogP contribution in [0.15, 0.2) is 30.3 Å². The summed E-state index contributed by atoms with van der Waals surface area (Å²) in [5.74, 6) is 0.0122. The van der Waals surface area contributed by atoms with Crippen LogP contribution in [0.2, 0.25) is 0 Å².